The maximum absolute atomic E-state index is 13.7. The van der Waals surface area contributed by atoms with Crippen LogP contribution in [0.3, 0.4) is 0 Å². The van der Waals surface area contributed by atoms with Crippen LogP contribution in [-0.2, 0) is 16.6 Å². The first kappa shape index (κ1) is 24.2. The van der Waals surface area contributed by atoms with Gasteiger partial charge in [-0.25, -0.2) is 13.4 Å². The van der Waals surface area contributed by atoms with Crippen LogP contribution >= 0.6 is 11.3 Å². The summed E-state index contributed by atoms with van der Waals surface area (Å²) in [5.41, 5.74) is 1.88. The Balaban J connectivity index is 1.50. The fraction of sp³-hybridized carbons (Fsp3) is 0.240. The first-order valence-corrected chi connectivity index (χ1v) is 13.7. The summed E-state index contributed by atoms with van der Waals surface area (Å²) in [5, 5.41) is 0.502. The summed E-state index contributed by atoms with van der Waals surface area (Å²) in [6.45, 7) is 4.75. The van der Waals surface area contributed by atoms with Crippen LogP contribution in [0.4, 0.5) is 5.13 Å². The Labute approximate surface area is 213 Å². The SMILES string of the molecule is CCN(CC)S(=O)(=O)c1ccc(C(=O)N(Cc2cccnc2)c2nc3cc4c(cc3s2)OCO4)cc1. The zero-order valence-corrected chi connectivity index (χ0v) is 21.4. The molecular formula is C25H24N4O5S2. The van der Waals surface area contributed by atoms with Gasteiger partial charge in [0.05, 0.1) is 21.7 Å². The van der Waals surface area contributed by atoms with Gasteiger partial charge in [-0.05, 0) is 35.9 Å². The van der Waals surface area contributed by atoms with Crippen LogP contribution in [0.5, 0.6) is 11.5 Å². The molecule has 0 spiro atoms. The molecule has 0 saturated carbocycles. The van der Waals surface area contributed by atoms with E-state index in [-0.39, 0.29) is 24.1 Å². The van der Waals surface area contributed by atoms with Crippen LogP contribution in [0.1, 0.15) is 29.8 Å². The van der Waals surface area contributed by atoms with Crippen LogP contribution in [0.15, 0.2) is 65.8 Å². The van der Waals surface area contributed by atoms with Crippen molar-refractivity contribution in [1.82, 2.24) is 14.3 Å². The summed E-state index contributed by atoms with van der Waals surface area (Å²) in [5.74, 6) is 0.965. The van der Waals surface area contributed by atoms with Crippen LogP contribution in [0.25, 0.3) is 10.2 Å². The van der Waals surface area contributed by atoms with E-state index in [0.717, 1.165) is 10.3 Å². The third kappa shape index (κ3) is 4.52. The van der Waals surface area contributed by atoms with Gasteiger partial charge in [-0.1, -0.05) is 31.3 Å². The summed E-state index contributed by atoms with van der Waals surface area (Å²) in [7, 11) is -3.62. The first-order chi connectivity index (χ1) is 17.4. The number of ether oxygens (including phenoxy) is 2. The molecule has 1 aliphatic rings. The van der Waals surface area contributed by atoms with Gasteiger partial charge in [0.25, 0.3) is 5.91 Å². The molecule has 0 radical (unpaired) electrons. The Morgan fingerprint density at radius 1 is 1.06 bits per heavy atom. The Morgan fingerprint density at radius 2 is 1.78 bits per heavy atom. The minimum absolute atomic E-state index is 0.149. The van der Waals surface area contributed by atoms with Crippen molar-refractivity contribution in [3.63, 3.8) is 0 Å². The zero-order valence-electron chi connectivity index (χ0n) is 19.7. The summed E-state index contributed by atoms with van der Waals surface area (Å²) < 4.78 is 38.9. The van der Waals surface area contributed by atoms with Crippen LogP contribution in [0.2, 0.25) is 0 Å². The molecule has 0 fully saturated rings. The lowest BCUT2D eigenvalue weighted by atomic mass is 10.2. The molecule has 0 saturated heterocycles. The highest BCUT2D eigenvalue weighted by atomic mass is 32.2. The number of thiazole rings is 1. The number of anilines is 1. The molecule has 2 aromatic carbocycles. The lowest BCUT2D eigenvalue weighted by molar-refractivity contribution is 0.0985. The molecular weight excluding hydrogens is 500 g/mol. The minimum atomic E-state index is -3.62. The lowest BCUT2D eigenvalue weighted by Gasteiger charge is -2.21. The maximum atomic E-state index is 13.7. The third-order valence-electron chi connectivity index (χ3n) is 5.86. The van der Waals surface area contributed by atoms with E-state index in [9.17, 15) is 13.2 Å². The van der Waals surface area contributed by atoms with E-state index in [1.54, 1.807) is 49.3 Å². The number of benzene rings is 2. The second kappa shape index (κ2) is 9.84. The minimum Gasteiger partial charge on any atom is -0.454 e. The van der Waals surface area contributed by atoms with Crippen molar-refractivity contribution in [3.05, 3.63) is 72.1 Å². The number of hydrogen-bond acceptors (Lipinski definition) is 8. The monoisotopic (exact) mass is 524 g/mol. The second-order valence-corrected chi connectivity index (χ2v) is 11.0. The molecule has 5 rings (SSSR count). The molecule has 0 bridgehead atoms. The number of carbonyl (C=O) groups excluding carboxylic acids is 1. The van der Waals surface area contributed by atoms with Gasteiger partial charge in [0.15, 0.2) is 16.6 Å². The molecule has 0 atom stereocenters. The molecule has 186 valence electrons. The number of sulfonamides is 1. The van der Waals surface area contributed by atoms with Crippen molar-refractivity contribution >= 4 is 42.6 Å². The molecule has 3 heterocycles. The highest BCUT2D eigenvalue weighted by Crippen LogP contribution is 2.40. The molecule has 0 aliphatic carbocycles. The zero-order chi connectivity index (χ0) is 25.3. The summed E-state index contributed by atoms with van der Waals surface area (Å²) in [4.78, 5) is 24.3. The average molecular weight is 525 g/mol. The van der Waals surface area contributed by atoms with Gasteiger partial charge in [-0.15, -0.1) is 0 Å². The van der Waals surface area contributed by atoms with Gasteiger partial charge < -0.3 is 9.47 Å². The Kier molecular flexibility index (Phi) is 6.61. The van der Waals surface area contributed by atoms with Crippen LogP contribution < -0.4 is 14.4 Å². The van der Waals surface area contributed by atoms with Crippen molar-refractivity contribution in [2.45, 2.75) is 25.3 Å². The number of pyridine rings is 1. The normalized spacial score (nSPS) is 12.9. The summed E-state index contributed by atoms with van der Waals surface area (Å²) in [6, 6.07) is 13.4. The van der Waals surface area contributed by atoms with Gasteiger partial charge in [-0.2, -0.15) is 4.31 Å². The van der Waals surface area contributed by atoms with Crippen LogP contribution in [-0.4, -0.2) is 48.5 Å². The fourth-order valence-electron chi connectivity index (χ4n) is 3.96. The molecule has 4 aromatic rings. The molecule has 2 aromatic heterocycles. The van der Waals surface area contributed by atoms with E-state index in [1.807, 2.05) is 18.2 Å². The molecule has 1 amide bonds. The molecule has 36 heavy (non-hydrogen) atoms. The Morgan fingerprint density at radius 3 is 2.44 bits per heavy atom. The van der Waals surface area contributed by atoms with E-state index >= 15 is 0 Å². The number of aromatic nitrogens is 2. The Hall–Kier alpha value is -3.54. The molecule has 0 N–H and O–H groups in total. The number of rotatable bonds is 8. The molecule has 11 heteroatoms. The van der Waals surface area contributed by atoms with E-state index < -0.39 is 10.0 Å². The Bertz CT molecular complexity index is 1460. The molecule has 9 nitrogen and oxygen atoms in total. The number of fused-ring (bicyclic) bond motifs is 2. The van der Waals surface area contributed by atoms with E-state index in [1.165, 1.54) is 27.8 Å². The van der Waals surface area contributed by atoms with Crippen molar-refractivity contribution in [2.24, 2.45) is 0 Å². The number of nitrogens with zero attached hydrogens (tertiary/aromatic N) is 4. The average Bonchev–Trinajstić information content (AvgIpc) is 3.52. The van der Waals surface area contributed by atoms with E-state index in [0.29, 0.717) is 40.8 Å². The topological polar surface area (TPSA) is 102 Å². The highest BCUT2D eigenvalue weighted by Gasteiger charge is 2.26. The first-order valence-electron chi connectivity index (χ1n) is 11.4. The van der Waals surface area contributed by atoms with Gasteiger partial charge in [-0.3, -0.25) is 14.7 Å². The van der Waals surface area contributed by atoms with E-state index in [4.69, 9.17) is 14.5 Å². The fourth-order valence-corrected chi connectivity index (χ4v) is 6.39. The van der Waals surface area contributed by atoms with Gasteiger partial charge >= 0.3 is 0 Å². The van der Waals surface area contributed by atoms with Crippen molar-refractivity contribution in [2.75, 3.05) is 24.8 Å². The van der Waals surface area contributed by atoms with Crippen LogP contribution in [0, 0.1) is 0 Å². The standard InChI is InChI=1S/C25H24N4O5S2/c1-3-28(4-2)36(31,32)19-9-7-18(8-10-19)24(30)29(15-17-6-5-11-26-14-17)25-27-20-12-21-22(34-16-33-21)13-23(20)35-25/h5-14H,3-4,15-16H2,1-2H3. The lowest BCUT2D eigenvalue weighted by Crippen LogP contribution is -2.31. The van der Waals surface area contributed by atoms with Crippen molar-refractivity contribution < 1.29 is 22.7 Å². The number of hydrogen-bond donors (Lipinski definition) is 0. The third-order valence-corrected chi connectivity index (χ3v) is 8.96. The summed E-state index contributed by atoms with van der Waals surface area (Å²) in [6.07, 6.45) is 3.37. The van der Waals surface area contributed by atoms with Gasteiger partial charge in [0.2, 0.25) is 16.8 Å². The quantitative estimate of drug-likeness (QED) is 0.339. The number of amides is 1. The van der Waals surface area contributed by atoms with Gasteiger partial charge in [0, 0.05) is 43.2 Å². The molecule has 1 aliphatic heterocycles. The largest absolute Gasteiger partial charge is 0.454 e. The maximum Gasteiger partial charge on any atom is 0.260 e. The van der Waals surface area contributed by atoms with E-state index in [2.05, 4.69) is 4.98 Å². The predicted molar refractivity (Wildman–Crippen MR) is 137 cm³/mol. The van der Waals surface area contributed by atoms with Crippen molar-refractivity contribution in [1.29, 1.82) is 0 Å². The summed E-state index contributed by atoms with van der Waals surface area (Å²) >= 11 is 1.37. The highest BCUT2D eigenvalue weighted by molar-refractivity contribution is 7.89. The predicted octanol–water partition coefficient (Wildman–Crippen LogP) is 4.30. The second-order valence-electron chi connectivity index (χ2n) is 8.04. The smallest absolute Gasteiger partial charge is 0.260 e. The van der Waals surface area contributed by atoms with Gasteiger partial charge in [0.1, 0.15) is 0 Å². The number of carbonyl (C=O) groups is 1. The van der Waals surface area contributed by atoms with Crippen molar-refractivity contribution in [3.8, 4) is 11.5 Å². The molecule has 0 unspecified atom stereocenters.